The van der Waals surface area contributed by atoms with E-state index in [0.29, 0.717) is 6.42 Å². The first kappa shape index (κ1) is 17.7. The largest absolute Gasteiger partial charge is 0.492 e. The molecule has 0 aliphatic heterocycles. The van der Waals surface area contributed by atoms with Gasteiger partial charge in [-0.1, -0.05) is 13.8 Å². The fourth-order valence-corrected chi connectivity index (χ4v) is 3.01. The summed E-state index contributed by atoms with van der Waals surface area (Å²) in [5.41, 5.74) is 5.06. The number of ether oxygens (including phenoxy) is 1. The number of aliphatic hydroxyl groups is 1. The summed E-state index contributed by atoms with van der Waals surface area (Å²) >= 11 is 0. The highest BCUT2D eigenvalue weighted by Gasteiger charge is 2.23. The lowest BCUT2D eigenvalue weighted by atomic mass is 9.90. The van der Waals surface area contributed by atoms with Gasteiger partial charge >= 0.3 is 0 Å². The molecule has 4 N–H and O–H groups in total. The Balaban J connectivity index is 2.99. The summed E-state index contributed by atoms with van der Waals surface area (Å²) in [6.07, 6.45) is 0.439. The highest BCUT2D eigenvalue weighted by molar-refractivity contribution is 7.89. The Hall–Kier alpha value is -1.38. The van der Waals surface area contributed by atoms with Crippen molar-refractivity contribution in [2.75, 3.05) is 26.0 Å². The number of benzene rings is 1. The van der Waals surface area contributed by atoms with Crippen LogP contribution in [-0.2, 0) is 10.0 Å². The molecule has 6 nitrogen and oxygen atoms in total. The molecule has 0 aromatic heterocycles. The molecule has 0 bridgehead atoms. The molecule has 21 heavy (non-hydrogen) atoms. The van der Waals surface area contributed by atoms with Crippen LogP contribution in [0.15, 0.2) is 17.0 Å². The zero-order valence-electron chi connectivity index (χ0n) is 12.3. The van der Waals surface area contributed by atoms with E-state index >= 15 is 0 Å². The highest BCUT2D eigenvalue weighted by Crippen LogP contribution is 2.28. The Morgan fingerprint density at radius 2 is 2.05 bits per heavy atom. The highest BCUT2D eigenvalue weighted by atomic mass is 32.2. The van der Waals surface area contributed by atoms with Gasteiger partial charge in [0.1, 0.15) is 0 Å². The van der Waals surface area contributed by atoms with Gasteiger partial charge in [-0.05, 0) is 24.0 Å². The van der Waals surface area contributed by atoms with E-state index < -0.39 is 21.3 Å². The van der Waals surface area contributed by atoms with E-state index in [2.05, 4.69) is 4.72 Å². The summed E-state index contributed by atoms with van der Waals surface area (Å²) in [5.74, 6) is -1.03. The molecule has 0 saturated carbocycles. The van der Waals surface area contributed by atoms with Crippen molar-refractivity contribution in [3.05, 3.63) is 17.9 Å². The van der Waals surface area contributed by atoms with Gasteiger partial charge in [-0.25, -0.2) is 17.5 Å². The number of halogens is 1. The maximum atomic E-state index is 13.7. The summed E-state index contributed by atoms with van der Waals surface area (Å²) in [6.45, 7) is 3.70. The van der Waals surface area contributed by atoms with Crippen LogP contribution in [0.4, 0.5) is 10.1 Å². The molecule has 1 aromatic rings. The van der Waals surface area contributed by atoms with Crippen molar-refractivity contribution in [2.24, 2.45) is 5.41 Å². The smallest absolute Gasteiger partial charge is 0.240 e. The molecule has 120 valence electrons. The van der Waals surface area contributed by atoms with Gasteiger partial charge in [-0.2, -0.15) is 0 Å². The van der Waals surface area contributed by atoms with Gasteiger partial charge < -0.3 is 15.6 Å². The molecule has 8 heteroatoms. The van der Waals surface area contributed by atoms with Crippen LogP contribution in [0.25, 0.3) is 0 Å². The minimum absolute atomic E-state index is 0.0428. The van der Waals surface area contributed by atoms with Gasteiger partial charge in [-0.15, -0.1) is 0 Å². The molecular weight excluding hydrogens is 299 g/mol. The predicted octanol–water partition coefficient (Wildman–Crippen LogP) is 1.10. The number of sulfonamides is 1. The monoisotopic (exact) mass is 320 g/mol. The first-order chi connectivity index (χ1) is 9.63. The Bertz CT molecular complexity index is 579. The number of nitrogens with two attached hydrogens (primary N) is 1. The second kappa shape index (κ2) is 6.59. The second-order valence-electron chi connectivity index (χ2n) is 5.49. The lowest BCUT2D eigenvalue weighted by Crippen LogP contribution is -2.34. The Labute approximate surface area is 124 Å². The van der Waals surface area contributed by atoms with Crippen molar-refractivity contribution in [3.8, 4) is 5.75 Å². The van der Waals surface area contributed by atoms with Gasteiger partial charge in [-0.3, -0.25) is 0 Å². The maximum Gasteiger partial charge on any atom is 0.240 e. The van der Waals surface area contributed by atoms with Crippen molar-refractivity contribution in [3.63, 3.8) is 0 Å². The number of hydrogen-bond acceptors (Lipinski definition) is 5. The summed E-state index contributed by atoms with van der Waals surface area (Å²) < 4.78 is 45.1. The third-order valence-electron chi connectivity index (χ3n) is 3.09. The number of hydrogen-bond donors (Lipinski definition) is 3. The average molecular weight is 320 g/mol. The third-order valence-corrected chi connectivity index (χ3v) is 4.47. The molecule has 0 radical (unpaired) electrons. The van der Waals surface area contributed by atoms with Gasteiger partial charge in [0.2, 0.25) is 10.0 Å². The van der Waals surface area contributed by atoms with E-state index in [-0.39, 0.29) is 29.5 Å². The molecule has 0 aliphatic carbocycles. The average Bonchev–Trinajstić information content (AvgIpc) is 2.36. The molecule has 0 fully saturated rings. The molecule has 0 aliphatic rings. The molecule has 0 atom stereocenters. The molecule has 0 unspecified atom stereocenters. The van der Waals surface area contributed by atoms with Crippen molar-refractivity contribution in [2.45, 2.75) is 25.2 Å². The SMILES string of the molecule is COc1c(N)cc(S(=O)(=O)NCC(C)(C)CCO)cc1F. The van der Waals surface area contributed by atoms with Gasteiger partial charge in [0, 0.05) is 13.2 Å². The summed E-state index contributed by atoms with van der Waals surface area (Å²) in [7, 11) is -2.64. The lowest BCUT2D eigenvalue weighted by Gasteiger charge is -2.23. The van der Waals surface area contributed by atoms with Gasteiger partial charge in [0.25, 0.3) is 0 Å². The number of anilines is 1. The van der Waals surface area contributed by atoms with E-state index in [0.717, 1.165) is 12.1 Å². The van der Waals surface area contributed by atoms with Gasteiger partial charge in [0.05, 0.1) is 17.7 Å². The normalized spacial score (nSPS) is 12.4. The Morgan fingerprint density at radius 1 is 1.43 bits per heavy atom. The van der Waals surface area contributed by atoms with Crippen LogP contribution in [0, 0.1) is 11.2 Å². The Kier molecular flexibility index (Phi) is 5.54. The van der Waals surface area contributed by atoms with E-state index in [4.69, 9.17) is 15.6 Å². The van der Waals surface area contributed by atoms with Crippen LogP contribution in [-0.4, -0.2) is 33.8 Å². The first-order valence-electron chi connectivity index (χ1n) is 6.36. The van der Waals surface area contributed by atoms with E-state index in [1.165, 1.54) is 7.11 Å². The fraction of sp³-hybridized carbons (Fsp3) is 0.538. The number of nitrogens with one attached hydrogen (secondary N) is 1. The number of nitrogen functional groups attached to an aromatic ring is 1. The van der Waals surface area contributed by atoms with Crippen molar-refractivity contribution < 1.29 is 22.7 Å². The second-order valence-corrected chi connectivity index (χ2v) is 7.26. The molecular formula is C13H21FN2O4S. The van der Waals surface area contributed by atoms with Crippen molar-refractivity contribution in [1.29, 1.82) is 0 Å². The van der Waals surface area contributed by atoms with Crippen LogP contribution in [0.2, 0.25) is 0 Å². The predicted molar refractivity (Wildman–Crippen MR) is 78.0 cm³/mol. The molecule has 0 saturated heterocycles. The number of aliphatic hydroxyl groups excluding tert-OH is 1. The zero-order valence-corrected chi connectivity index (χ0v) is 13.1. The molecule has 0 spiro atoms. The molecule has 0 heterocycles. The standard InChI is InChI=1S/C13H21FN2O4S/c1-13(2,4-5-17)8-16-21(18,19)9-6-10(14)12(20-3)11(15)7-9/h6-7,16-17H,4-5,8,15H2,1-3H3. The molecule has 1 aromatic carbocycles. The van der Waals surface area contributed by atoms with Crippen molar-refractivity contribution in [1.82, 2.24) is 4.72 Å². The number of rotatable bonds is 7. The zero-order chi connectivity index (χ0) is 16.3. The van der Waals surface area contributed by atoms with Crippen LogP contribution in [0.3, 0.4) is 0 Å². The lowest BCUT2D eigenvalue weighted by molar-refractivity contribution is 0.213. The topological polar surface area (TPSA) is 102 Å². The maximum absolute atomic E-state index is 13.7. The quantitative estimate of drug-likeness (QED) is 0.653. The van der Waals surface area contributed by atoms with Crippen LogP contribution >= 0.6 is 0 Å². The van der Waals surface area contributed by atoms with E-state index in [1.54, 1.807) is 0 Å². The van der Waals surface area contributed by atoms with E-state index in [9.17, 15) is 12.8 Å². The molecule has 1 rings (SSSR count). The summed E-state index contributed by atoms with van der Waals surface area (Å²) in [4.78, 5) is -0.266. The van der Waals surface area contributed by atoms with Crippen LogP contribution in [0.5, 0.6) is 5.75 Å². The van der Waals surface area contributed by atoms with Gasteiger partial charge in [0.15, 0.2) is 11.6 Å². The van der Waals surface area contributed by atoms with Crippen LogP contribution < -0.4 is 15.2 Å². The van der Waals surface area contributed by atoms with Crippen molar-refractivity contribution >= 4 is 15.7 Å². The Morgan fingerprint density at radius 3 is 2.52 bits per heavy atom. The summed E-state index contributed by atoms with van der Waals surface area (Å²) in [6, 6.07) is 2.00. The minimum atomic E-state index is -3.89. The first-order valence-corrected chi connectivity index (χ1v) is 7.85. The molecule has 0 amide bonds. The fourth-order valence-electron chi connectivity index (χ4n) is 1.72. The minimum Gasteiger partial charge on any atom is -0.492 e. The summed E-state index contributed by atoms with van der Waals surface area (Å²) in [5, 5.41) is 8.92. The van der Waals surface area contributed by atoms with Crippen LogP contribution in [0.1, 0.15) is 20.3 Å². The number of methoxy groups -OCH3 is 1. The van der Waals surface area contributed by atoms with E-state index in [1.807, 2.05) is 13.8 Å². The third kappa shape index (κ3) is 4.55.